The van der Waals surface area contributed by atoms with Gasteiger partial charge in [-0.1, -0.05) is 42.5 Å². The van der Waals surface area contributed by atoms with Gasteiger partial charge in [-0.25, -0.2) is 0 Å². The van der Waals surface area contributed by atoms with Crippen LogP contribution in [-0.2, 0) is 16.0 Å². The monoisotopic (exact) mass is 355 g/mol. The summed E-state index contributed by atoms with van der Waals surface area (Å²) in [5, 5.41) is 9.72. The molecule has 1 fully saturated rings. The van der Waals surface area contributed by atoms with Crippen LogP contribution >= 0.6 is 0 Å². The van der Waals surface area contributed by atoms with Crippen molar-refractivity contribution in [2.45, 2.75) is 25.5 Å². The number of carbonyl (C=O) groups excluding carboxylic acids is 1. The number of aliphatic hydroxyl groups excluding tert-OH is 1. The smallest absolute Gasteiger partial charge is 0.227 e. The van der Waals surface area contributed by atoms with Crippen molar-refractivity contribution < 1.29 is 19.4 Å². The van der Waals surface area contributed by atoms with Crippen LogP contribution in [0.5, 0.6) is 5.75 Å². The molecule has 1 amide bonds. The molecule has 1 heterocycles. The number of aliphatic hydroxyl groups is 1. The first-order chi connectivity index (χ1) is 12.7. The fraction of sp³-hybridized carbons (Fsp3) is 0.381. The first-order valence-electron chi connectivity index (χ1n) is 9.01. The molecule has 5 nitrogen and oxygen atoms in total. The van der Waals surface area contributed by atoms with Crippen molar-refractivity contribution in [2.24, 2.45) is 0 Å². The van der Waals surface area contributed by atoms with E-state index in [0.29, 0.717) is 26.2 Å². The minimum absolute atomic E-state index is 0.0322. The Bertz CT molecular complexity index is 702. The molecule has 5 heteroatoms. The average Bonchev–Trinajstić information content (AvgIpc) is 2.69. The van der Waals surface area contributed by atoms with E-state index in [-0.39, 0.29) is 18.6 Å². The van der Waals surface area contributed by atoms with Gasteiger partial charge in [-0.05, 0) is 30.2 Å². The van der Waals surface area contributed by atoms with Crippen molar-refractivity contribution in [3.63, 3.8) is 0 Å². The third kappa shape index (κ3) is 4.23. The molecule has 0 saturated carbocycles. The topological polar surface area (TPSA) is 59.0 Å². The number of nitrogens with zero attached hydrogens (tertiary/aromatic N) is 1. The Hall–Kier alpha value is -2.37. The van der Waals surface area contributed by atoms with Crippen LogP contribution in [0.25, 0.3) is 0 Å². The molecule has 1 N–H and O–H groups in total. The van der Waals surface area contributed by atoms with E-state index in [4.69, 9.17) is 9.47 Å². The van der Waals surface area contributed by atoms with Crippen LogP contribution in [0.2, 0.25) is 0 Å². The third-order valence-electron chi connectivity index (χ3n) is 4.58. The summed E-state index contributed by atoms with van der Waals surface area (Å²) in [6, 6.07) is 17.1. The van der Waals surface area contributed by atoms with Gasteiger partial charge in [-0.2, -0.15) is 0 Å². The van der Waals surface area contributed by atoms with E-state index in [9.17, 15) is 9.90 Å². The van der Waals surface area contributed by atoms with Crippen molar-refractivity contribution >= 4 is 5.91 Å². The quantitative estimate of drug-likeness (QED) is 0.865. The molecule has 2 aromatic carbocycles. The predicted molar refractivity (Wildman–Crippen MR) is 99.0 cm³/mol. The summed E-state index contributed by atoms with van der Waals surface area (Å²) >= 11 is 0. The molecule has 2 aromatic rings. The zero-order chi connectivity index (χ0) is 18.4. The first kappa shape index (κ1) is 18.4. The van der Waals surface area contributed by atoms with Crippen molar-refractivity contribution in [1.29, 1.82) is 0 Å². The minimum atomic E-state index is -0.407. The second-order valence-corrected chi connectivity index (χ2v) is 6.29. The van der Waals surface area contributed by atoms with E-state index < -0.39 is 6.10 Å². The van der Waals surface area contributed by atoms with Gasteiger partial charge in [-0.3, -0.25) is 4.79 Å². The lowest BCUT2D eigenvalue weighted by Crippen LogP contribution is -2.49. The number of ether oxygens (including phenoxy) is 2. The molecule has 0 unspecified atom stereocenters. The lowest BCUT2D eigenvalue weighted by molar-refractivity contribution is -0.149. The highest BCUT2D eigenvalue weighted by Gasteiger charge is 2.35. The van der Waals surface area contributed by atoms with Crippen LogP contribution in [0.1, 0.15) is 24.1 Å². The highest BCUT2D eigenvalue weighted by atomic mass is 16.5. The van der Waals surface area contributed by atoms with E-state index in [0.717, 1.165) is 16.9 Å². The van der Waals surface area contributed by atoms with Crippen molar-refractivity contribution in [2.75, 3.05) is 26.4 Å². The van der Waals surface area contributed by atoms with E-state index >= 15 is 0 Å². The molecule has 1 aliphatic rings. The van der Waals surface area contributed by atoms with Gasteiger partial charge < -0.3 is 19.5 Å². The maximum absolute atomic E-state index is 13.0. The second-order valence-electron chi connectivity index (χ2n) is 6.29. The van der Waals surface area contributed by atoms with Gasteiger partial charge in [0.15, 0.2) is 0 Å². The van der Waals surface area contributed by atoms with Crippen LogP contribution < -0.4 is 4.74 Å². The molecule has 1 aliphatic heterocycles. The van der Waals surface area contributed by atoms with Gasteiger partial charge in [0.05, 0.1) is 32.3 Å². The maximum Gasteiger partial charge on any atom is 0.227 e. The van der Waals surface area contributed by atoms with Crippen LogP contribution in [0.15, 0.2) is 54.6 Å². The molecule has 2 atom stereocenters. The van der Waals surface area contributed by atoms with Gasteiger partial charge in [0.1, 0.15) is 11.9 Å². The number of hydrogen-bond acceptors (Lipinski definition) is 4. The molecule has 3 rings (SSSR count). The van der Waals surface area contributed by atoms with Crippen LogP contribution in [-0.4, -0.2) is 48.4 Å². The fourth-order valence-electron chi connectivity index (χ4n) is 3.36. The van der Waals surface area contributed by atoms with E-state index in [1.165, 1.54) is 0 Å². The van der Waals surface area contributed by atoms with Crippen molar-refractivity contribution in [3.05, 3.63) is 65.7 Å². The normalized spacial score (nSPS) is 20.0. The standard InChI is InChI=1S/C21H25NO4/c1-2-25-18-10-8-16(9-11-18)14-20(24)22-12-13-26-19(15-23)21(22)17-6-4-3-5-7-17/h3-11,19,21,23H,2,12-15H2,1H3/t19-,21-/m1/s1. The van der Waals surface area contributed by atoms with E-state index in [1.54, 1.807) is 0 Å². The summed E-state index contributed by atoms with van der Waals surface area (Å²) in [6.07, 6.45) is -0.0936. The molecule has 1 saturated heterocycles. The van der Waals surface area contributed by atoms with E-state index in [2.05, 4.69) is 0 Å². The molecule has 0 aliphatic carbocycles. The first-order valence-corrected chi connectivity index (χ1v) is 9.01. The Kier molecular flexibility index (Phi) is 6.26. The Labute approximate surface area is 154 Å². The molecule has 138 valence electrons. The largest absolute Gasteiger partial charge is 0.494 e. The molecular weight excluding hydrogens is 330 g/mol. The molecular formula is C21H25NO4. The second kappa shape index (κ2) is 8.83. The van der Waals surface area contributed by atoms with Crippen molar-refractivity contribution in [1.82, 2.24) is 4.90 Å². The summed E-state index contributed by atoms with van der Waals surface area (Å²) in [5.74, 6) is 0.836. The summed E-state index contributed by atoms with van der Waals surface area (Å²) in [5.41, 5.74) is 1.92. The summed E-state index contributed by atoms with van der Waals surface area (Å²) in [7, 11) is 0. The molecule has 0 bridgehead atoms. The highest BCUT2D eigenvalue weighted by molar-refractivity contribution is 5.79. The Morgan fingerprint density at radius 1 is 1.19 bits per heavy atom. The highest BCUT2D eigenvalue weighted by Crippen LogP contribution is 2.30. The zero-order valence-electron chi connectivity index (χ0n) is 15.0. The van der Waals surface area contributed by atoms with E-state index in [1.807, 2.05) is 66.4 Å². The molecule has 0 spiro atoms. The fourth-order valence-corrected chi connectivity index (χ4v) is 3.36. The van der Waals surface area contributed by atoms with Gasteiger partial charge >= 0.3 is 0 Å². The lowest BCUT2D eigenvalue weighted by Gasteiger charge is -2.41. The predicted octanol–water partition coefficient (Wildman–Crippen LogP) is 2.59. The number of carbonyl (C=O) groups is 1. The average molecular weight is 355 g/mol. The molecule has 26 heavy (non-hydrogen) atoms. The van der Waals surface area contributed by atoms with Gasteiger partial charge in [0.2, 0.25) is 5.91 Å². The third-order valence-corrected chi connectivity index (χ3v) is 4.58. The molecule has 0 radical (unpaired) electrons. The van der Waals surface area contributed by atoms with Crippen LogP contribution in [0.3, 0.4) is 0 Å². The Morgan fingerprint density at radius 2 is 1.92 bits per heavy atom. The lowest BCUT2D eigenvalue weighted by atomic mass is 9.97. The molecule has 0 aromatic heterocycles. The number of morpholine rings is 1. The SMILES string of the molecule is CCOc1ccc(CC(=O)N2CCO[C@H](CO)[C@H]2c2ccccc2)cc1. The number of hydrogen-bond donors (Lipinski definition) is 1. The number of amides is 1. The summed E-state index contributed by atoms with van der Waals surface area (Å²) < 4.78 is 11.2. The van der Waals surface area contributed by atoms with Gasteiger partial charge in [0.25, 0.3) is 0 Å². The Morgan fingerprint density at radius 3 is 2.58 bits per heavy atom. The number of rotatable bonds is 6. The van der Waals surface area contributed by atoms with Crippen LogP contribution in [0, 0.1) is 0 Å². The van der Waals surface area contributed by atoms with Crippen molar-refractivity contribution in [3.8, 4) is 5.75 Å². The summed E-state index contributed by atoms with van der Waals surface area (Å²) in [6.45, 7) is 3.40. The van der Waals surface area contributed by atoms with Crippen LogP contribution in [0.4, 0.5) is 0 Å². The van der Waals surface area contributed by atoms with Gasteiger partial charge in [-0.15, -0.1) is 0 Å². The van der Waals surface area contributed by atoms with Gasteiger partial charge in [0, 0.05) is 6.54 Å². The number of benzene rings is 2. The maximum atomic E-state index is 13.0. The Balaban J connectivity index is 1.77. The minimum Gasteiger partial charge on any atom is -0.494 e. The summed E-state index contributed by atoms with van der Waals surface area (Å²) in [4.78, 5) is 14.8. The zero-order valence-corrected chi connectivity index (χ0v) is 15.0.